The zero-order valence-corrected chi connectivity index (χ0v) is 17.8. The van der Waals surface area contributed by atoms with Crippen molar-refractivity contribution in [3.63, 3.8) is 0 Å². The number of nitrogens with one attached hydrogen (secondary N) is 1. The fourth-order valence-corrected chi connectivity index (χ4v) is 3.39. The van der Waals surface area contributed by atoms with Crippen LogP contribution in [0.15, 0.2) is 54.9 Å². The number of anilines is 2. The van der Waals surface area contributed by atoms with E-state index in [0.717, 1.165) is 19.2 Å². The van der Waals surface area contributed by atoms with Crippen molar-refractivity contribution in [1.82, 2.24) is 19.4 Å². The van der Waals surface area contributed by atoms with Gasteiger partial charge in [-0.2, -0.15) is 26.3 Å². The van der Waals surface area contributed by atoms with Crippen molar-refractivity contribution < 1.29 is 31.1 Å². The number of nitrogens with two attached hydrogens (primary N) is 1. The van der Waals surface area contributed by atoms with Gasteiger partial charge in [-0.25, -0.2) is 15.0 Å². The molecule has 3 heterocycles. The highest BCUT2D eigenvalue weighted by atomic mass is 19.4. The molecule has 4 aromatic rings. The topological polar surface area (TPSA) is 98.2 Å². The Balaban J connectivity index is 1.65. The van der Waals surface area contributed by atoms with Crippen LogP contribution < -0.4 is 11.1 Å². The molecule has 4 rings (SSSR count). The van der Waals surface area contributed by atoms with Crippen LogP contribution in [0.5, 0.6) is 0 Å². The van der Waals surface area contributed by atoms with E-state index in [2.05, 4.69) is 20.3 Å². The lowest BCUT2D eigenvalue weighted by atomic mass is 10.1. The van der Waals surface area contributed by atoms with Crippen LogP contribution in [0.1, 0.15) is 34.5 Å². The van der Waals surface area contributed by atoms with Gasteiger partial charge in [-0.05, 0) is 37.3 Å². The highest BCUT2D eigenvalue weighted by molar-refractivity contribution is 6.04. The first-order valence-corrected chi connectivity index (χ1v) is 10.0. The number of benzene rings is 1. The maximum atomic E-state index is 13.4. The fourth-order valence-electron chi connectivity index (χ4n) is 3.39. The summed E-state index contributed by atoms with van der Waals surface area (Å²) in [5.74, 6) is -2.90. The SMILES string of the molecule is CC(c1nc(-c2ccc(C(=O)Nc3cc(C(F)(F)F)ccn3)cc2)n2c(N)nccc12)C(F)(F)F. The van der Waals surface area contributed by atoms with E-state index in [4.69, 9.17) is 5.73 Å². The minimum atomic E-state index is -4.60. The van der Waals surface area contributed by atoms with Crippen molar-refractivity contribution in [3.8, 4) is 11.4 Å². The Labute approximate surface area is 193 Å². The fraction of sp³-hybridized carbons (Fsp3) is 0.182. The van der Waals surface area contributed by atoms with E-state index in [1.807, 2.05) is 0 Å². The van der Waals surface area contributed by atoms with Crippen LogP contribution in [-0.2, 0) is 6.18 Å². The molecule has 1 unspecified atom stereocenters. The molecule has 3 aromatic heterocycles. The standard InChI is InChI=1S/C22H16F6N6O/c1-11(21(23,24)25)17-15-7-9-31-20(29)34(15)18(33-17)12-2-4-13(5-3-12)19(35)32-16-10-14(6-8-30-16)22(26,27)28/h2-11H,1H3,(H2,29,31)(H,30,32,35). The first-order valence-electron chi connectivity index (χ1n) is 10.0. The number of amides is 1. The first-order chi connectivity index (χ1) is 16.4. The Morgan fingerprint density at radius 3 is 2.29 bits per heavy atom. The van der Waals surface area contributed by atoms with E-state index in [1.54, 1.807) is 0 Å². The molecule has 1 aromatic carbocycles. The number of aromatic nitrogens is 4. The second-order valence-electron chi connectivity index (χ2n) is 7.57. The molecule has 0 saturated heterocycles. The molecule has 35 heavy (non-hydrogen) atoms. The lowest BCUT2D eigenvalue weighted by Crippen LogP contribution is -2.18. The predicted octanol–water partition coefficient (Wildman–Crippen LogP) is 5.31. The number of fused-ring (bicyclic) bond motifs is 1. The summed E-state index contributed by atoms with van der Waals surface area (Å²) in [6.07, 6.45) is -6.94. The van der Waals surface area contributed by atoms with Crippen molar-refractivity contribution in [1.29, 1.82) is 0 Å². The van der Waals surface area contributed by atoms with Gasteiger partial charge >= 0.3 is 12.4 Å². The Kier molecular flexibility index (Phi) is 5.87. The molecular formula is C22H16F6N6O. The molecule has 0 fully saturated rings. The average molecular weight is 494 g/mol. The first kappa shape index (κ1) is 24.0. The largest absolute Gasteiger partial charge is 0.416 e. The van der Waals surface area contributed by atoms with Crippen LogP contribution in [-0.4, -0.2) is 31.4 Å². The number of hydrogen-bond acceptors (Lipinski definition) is 5. The number of pyridine rings is 1. The quantitative estimate of drug-likeness (QED) is 0.375. The Morgan fingerprint density at radius 2 is 1.66 bits per heavy atom. The molecular weight excluding hydrogens is 478 g/mol. The maximum Gasteiger partial charge on any atom is 0.416 e. The second-order valence-corrected chi connectivity index (χ2v) is 7.57. The van der Waals surface area contributed by atoms with Crippen LogP contribution in [0.2, 0.25) is 0 Å². The summed E-state index contributed by atoms with van der Waals surface area (Å²) >= 11 is 0. The van der Waals surface area contributed by atoms with Gasteiger partial charge < -0.3 is 11.1 Å². The minimum Gasteiger partial charge on any atom is -0.369 e. The normalized spacial score (nSPS) is 13.1. The van der Waals surface area contributed by atoms with Gasteiger partial charge in [0.2, 0.25) is 5.95 Å². The van der Waals surface area contributed by atoms with Gasteiger partial charge in [-0.15, -0.1) is 0 Å². The van der Waals surface area contributed by atoms with Crippen LogP contribution in [0.3, 0.4) is 0 Å². The van der Waals surface area contributed by atoms with Gasteiger partial charge in [0.25, 0.3) is 5.91 Å². The summed E-state index contributed by atoms with van der Waals surface area (Å²) in [4.78, 5) is 24.3. The Bertz CT molecular complexity index is 1390. The van der Waals surface area contributed by atoms with Gasteiger partial charge in [0.1, 0.15) is 11.6 Å². The third kappa shape index (κ3) is 4.74. The zero-order chi connectivity index (χ0) is 25.5. The molecule has 0 aliphatic carbocycles. The summed E-state index contributed by atoms with van der Waals surface area (Å²) < 4.78 is 80.0. The van der Waals surface area contributed by atoms with Crippen molar-refractivity contribution in [2.24, 2.45) is 0 Å². The maximum absolute atomic E-state index is 13.4. The van der Waals surface area contributed by atoms with Crippen molar-refractivity contribution in [2.75, 3.05) is 11.1 Å². The molecule has 1 atom stereocenters. The predicted molar refractivity (Wildman–Crippen MR) is 114 cm³/mol. The summed E-state index contributed by atoms with van der Waals surface area (Å²) in [5.41, 5.74) is 5.24. The minimum absolute atomic E-state index is 0.0730. The number of carbonyl (C=O) groups is 1. The van der Waals surface area contributed by atoms with E-state index in [9.17, 15) is 31.1 Å². The highest BCUT2D eigenvalue weighted by Gasteiger charge is 2.40. The number of nitrogens with zero attached hydrogens (tertiary/aromatic N) is 4. The van der Waals surface area contributed by atoms with E-state index in [0.29, 0.717) is 11.6 Å². The molecule has 3 N–H and O–H groups in total. The van der Waals surface area contributed by atoms with Crippen LogP contribution in [0.4, 0.5) is 38.1 Å². The number of halogens is 6. The third-order valence-corrected chi connectivity index (χ3v) is 5.25. The molecule has 13 heteroatoms. The Hall–Kier alpha value is -4.16. The van der Waals surface area contributed by atoms with E-state index < -0.39 is 29.7 Å². The molecule has 7 nitrogen and oxygen atoms in total. The summed E-state index contributed by atoms with van der Waals surface area (Å²) in [6.45, 7) is 0.984. The number of rotatable bonds is 4. The van der Waals surface area contributed by atoms with Crippen molar-refractivity contribution >= 4 is 23.2 Å². The molecule has 0 bridgehead atoms. The lowest BCUT2D eigenvalue weighted by Gasteiger charge is -2.13. The number of hydrogen-bond donors (Lipinski definition) is 2. The Morgan fingerprint density at radius 1 is 1.00 bits per heavy atom. The monoisotopic (exact) mass is 494 g/mol. The van der Waals surface area contributed by atoms with Gasteiger partial charge in [-0.1, -0.05) is 12.1 Å². The van der Waals surface area contributed by atoms with E-state index in [1.165, 1.54) is 40.9 Å². The van der Waals surface area contributed by atoms with Gasteiger partial charge in [0.15, 0.2) is 0 Å². The molecule has 0 radical (unpaired) electrons. The summed E-state index contributed by atoms with van der Waals surface area (Å²) in [5, 5.41) is 2.28. The smallest absolute Gasteiger partial charge is 0.369 e. The number of imidazole rings is 1. The highest BCUT2D eigenvalue weighted by Crippen LogP contribution is 2.38. The number of alkyl halides is 6. The average Bonchev–Trinajstić information content (AvgIpc) is 3.18. The molecule has 182 valence electrons. The third-order valence-electron chi connectivity index (χ3n) is 5.25. The van der Waals surface area contributed by atoms with Crippen LogP contribution in [0.25, 0.3) is 16.9 Å². The van der Waals surface area contributed by atoms with Gasteiger partial charge in [-0.3, -0.25) is 9.20 Å². The number of nitrogen functional groups attached to an aromatic ring is 1. The van der Waals surface area contributed by atoms with Crippen LogP contribution in [0, 0.1) is 0 Å². The van der Waals surface area contributed by atoms with Gasteiger partial charge in [0, 0.05) is 23.5 Å². The molecule has 0 spiro atoms. The number of carbonyl (C=O) groups excluding carboxylic acids is 1. The van der Waals surface area contributed by atoms with Gasteiger partial charge in [0.05, 0.1) is 22.7 Å². The summed E-state index contributed by atoms with van der Waals surface area (Å²) in [7, 11) is 0. The zero-order valence-electron chi connectivity index (χ0n) is 17.8. The van der Waals surface area contributed by atoms with Crippen molar-refractivity contribution in [3.05, 3.63) is 71.7 Å². The molecule has 1 amide bonds. The molecule has 0 aliphatic heterocycles. The lowest BCUT2D eigenvalue weighted by molar-refractivity contribution is -0.146. The van der Waals surface area contributed by atoms with E-state index in [-0.39, 0.29) is 34.4 Å². The van der Waals surface area contributed by atoms with Crippen LogP contribution >= 0.6 is 0 Å². The second kappa shape index (κ2) is 8.56. The van der Waals surface area contributed by atoms with E-state index >= 15 is 0 Å². The molecule has 0 saturated carbocycles. The molecule has 0 aliphatic rings. The van der Waals surface area contributed by atoms with Crippen molar-refractivity contribution in [2.45, 2.75) is 25.2 Å². The summed E-state index contributed by atoms with van der Waals surface area (Å²) in [6, 6.07) is 8.39.